The molecule has 0 bridgehead atoms. The van der Waals surface area contributed by atoms with Gasteiger partial charge in [0.15, 0.2) is 0 Å². The number of piperidine rings is 1. The maximum absolute atomic E-state index is 13.0. The quantitative estimate of drug-likeness (QED) is 0.798. The van der Waals surface area contributed by atoms with Gasteiger partial charge in [-0.05, 0) is 30.2 Å². The van der Waals surface area contributed by atoms with E-state index in [1.54, 1.807) is 0 Å². The Hall–Kier alpha value is -0.480. The van der Waals surface area contributed by atoms with Crippen LogP contribution in [0.15, 0.2) is 22.7 Å². The van der Waals surface area contributed by atoms with E-state index in [2.05, 4.69) is 33.0 Å². The minimum absolute atomic E-state index is 0.0139. The van der Waals surface area contributed by atoms with E-state index in [0.717, 1.165) is 11.0 Å². The summed E-state index contributed by atoms with van der Waals surface area (Å²) in [4.78, 5) is 2.10. The highest BCUT2D eigenvalue weighted by molar-refractivity contribution is 9.10. The van der Waals surface area contributed by atoms with Crippen molar-refractivity contribution in [2.24, 2.45) is 0 Å². The zero-order valence-electron chi connectivity index (χ0n) is 9.85. The SMILES string of the molecule is Cc1cc(Br)cc(CN2CCC(F)(F)CC2)c1. The molecule has 0 atom stereocenters. The number of likely N-dealkylation sites (tertiary alicyclic amines) is 1. The molecule has 0 amide bonds. The Morgan fingerprint density at radius 3 is 2.47 bits per heavy atom. The predicted molar refractivity (Wildman–Crippen MR) is 68.3 cm³/mol. The van der Waals surface area contributed by atoms with Crippen LogP contribution in [-0.4, -0.2) is 23.9 Å². The summed E-state index contributed by atoms with van der Waals surface area (Å²) in [6.07, 6.45) is -0.0278. The average molecular weight is 304 g/mol. The van der Waals surface area contributed by atoms with Crippen LogP contribution in [0.5, 0.6) is 0 Å². The first kappa shape index (κ1) is 13.0. The zero-order chi connectivity index (χ0) is 12.5. The standard InChI is InChI=1S/C13H16BrF2N/c1-10-6-11(8-12(14)7-10)9-17-4-2-13(15,16)3-5-17/h6-8H,2-5,9H2,1H3. The molecule has 1 aromatic rings. The lowest BCUT2D eigenvalue weighted by molar-refractivity contribution is -0.0566. The molecule has 1 saturated heterocycles. The van der Waals surface area contributed by atoms with Crippen molar-refractivity contribution < 1.29 is 8.78 Å². The van der Waals surface area contributed by atoms with E-state index >= 15 is 0 Å². The van der Waals surface area contributed by atoms with Crippen molar-refractivity contribution in [2.45, 2.75) is 32.2 Å². The van der Waals surface area contributed by atoms with Gasteiger partial charge in [-0.3, -0.25) is 4.90 Å². The fraction of sp³-hybridized carbons (Fsp3) is 0.538. The van der Waals surface area contributed by atoms with E-state index in [0.29, 0.717) is 13.1 Å². The van der Waals surface area contributed by atoms with Crippen molar-refractivity contribution in [1.82, 2.24) is 4.90 Å². The molecule has 4 heteroatoms. The second-order valence-electron chi connectivity index (χ2n) is 4.77. The molecule has 1 heterocycles. The largest absolute Gasteiger partial charge is 0.299 e. The summed E-state index contributed by atoms with van der Waals surface area (Å²) in [5, 5.41) is 0. The van der Waals surface area contributed by atoms with Gasteiger partial charge in [0.2, 0.25) is 0 Å². The van der Waals surface area contributed by atoms with Crippen LogP contribution >= 0.6 is 15.9 Å². The first-order valence-corrected chi connectivity index (χ1v) is 6.60. The third kappa shape index (κ3) is 3.75. The second kappa shape index (κ2) is 5.02. The first-order valence-electron chi connectivity index (χ1n) is 5.81. The summed E-state index contributed by atoms with van der Waals surface area (Å²) in [6, 6.07) is 6.21. The second-order valence-corrected chi connectivity index (χ2v) is 5.68. The van der Waals surface area contributed by atoms with Crippen molar-refractivity contribution in [1.29, 1.82) is 0 Å². The van der Waals surface area contributed by atoms with Crippen molar-refractivity contribution in [2.75, 3.05) is 13.1 Å². The van der Waals surface area contributed by atoms with Crippen LogP contribution in [0, 0.1) is 6.92 Å². The Balaban J connectivity index is 1.97. The van der Waals surface area contributed by atoms with Crippen LogP contribution in [0.3, 0.4) is 0 Å². The Kier molecular flexibility index (Phi) is 3.83. The third-order valence-electron chi connectivity index (χ3n) is 3.10. The van der Waals surface area contributed by atoms with Crippen LogP contribution in [-0.2, 0) is 6.54 Å². The highest BCUT2D eigenvalue weighted by Gasteiger charge is 2.33. The third-order valence-corrected chi connectivity index (χ3v) is 3.55. The molecule has 0 N–H and O–H groups in total. The van der Waals surface area contributed by atoms with Crippen LogP contribution in [0.25, 0.3) is 0 Å². The lowest BCUT2D eigenvalue weighted by atomic mass is 10.1. The number of benzene rings is 1. The number of alkyl halides is 2. The van der Waals surface area contributed by atoms with Gasteiger partial charge in [-0.25, -0.2) is 8.78 Å². The summed E-state index contributed by atoms with van der Waals surface area (Å²) >= 11 is 3.46. The van der Waals surface area contributed by atoms with Gasteiger partial charge in [-0.2, -0.15) is 0 Å². The minimum Gasteiger partial charge on any atom is -0.299 e. The molecular formula is C13H16BrF2N. The topological polar surface area (TPSA) is 3.24 Å². The van der Waals surface area contributed by atoms with Crippen LogP contribution in [0.1, 0.15) is 24.0 Å². The van der Waals surface area contributed by atoms with Gasteiger partial charge < -0.3 is 0 Å². The maximum atomic E-state index is 13.0. The molecule has 17 heavy (non-hydrogen) atoms. The molecule has 1 fully saturated rings. The fourth-order valence-electron chi connectivity index (χ4n) is 2.20. The van der Waals surface area contributed by atoms with Crippen molar-refractivity contribution in [3.8, 4) is 0 Å². The van der Waals surface area contributed by atoms with Gasteiger partial charge in [0.05, 0.1) is 0 Å². The molecule has 0 aromatic heterocycles. The van der Waals surface area contributed by atoms with Gasteiger partial charge in [-0.15, -0.1) is 0 Å². The summed E-state index contributed by atoms with van der Waals surface area (Å²) in [5.41, 5.74) is 2.37. The molecule has 1 nitrogen and oxygen atoms in total. The van der Waals surface area contributed by atoms with Gasteiger partial charge in [-0.1, -0.05) is 22.0 Å². The molecule has 0 unspecified atom stereocenters. The molecule has 0 saturated carbocycles. The molecule has 1 aliphatic heterocycles. The molecule has 94 valence electrons. The van der Waals surface area contributed by atoms with Crippen molar-refractivity contribution in [3.05, 3.63) is 33.8 Å². The smallest absolute Gasteiger partial charge is 0.250 e. The van der Waals surface area contributed by atoms with Crippen molar-refractivity contribution in [3.63, 3.8) is 0 Å². The molecular weight excluding hydrogens is 288 g/mol. The monoisotopic (exact) mass is 303 g/mol. The number of hydrogen-bond donors (Lipinski definition) is 0. The molecule has 2 rings (SSSR count). The first-order chi connectivity index (χ1) is 7.94. The molecule has 0 radical (unpaired) electrons. The lowest BCUT2D eigenvalue weighted by Gasteiger charge is -2.31. The van der Waals surface area contributed by atoms with Gasteiger partial charge in [0, 0.05) is 36.9 Å². The Bertz CT molecular complexity index is 376. The minimum atomic E-state index is -2.45. The van der Waals surface area contributed by atoms with Crippen LogP contribution in [0.4, 0.5) is 8.78 Å². The predicted octanol–water partition coefficient (Wildman–Crippen LogP) is 3.99. The maximum Gasteiger partial charge on any atom is 0.250 e. The number of rotatable bonds is 2. The number of nitrogens with zero attached hydrogens (tertiary/aromatic N) is 1. The van der Waals surface area contributed by atoms with E-state index in [9.17, 15) is 8.78 Å². The highest BCUT2D eigenvalue weighted by atomic mass is 79.9. The summed E-state index contributed by atoms with van der Waals surface area (Å²) in [7, 11) is 0. The number of aryl methyl sites for hydroxylation is 1. The summed E-state index contributed by atoms with van der Waals surface area (Å²) in [6.45, 7) is 3.77. The fourth-order valence-corrected chi connectivity index (χ4v) is 2.85. The zero-order valence-corrected chi connectivity index (χ0v) is 11.4. The molecule has 0 spiro atoms. The average Bonchev–Trinajstić information content (AvgIpc) is 2.20. The normalized spacial score (nSPS) is 20.5. The number of hydrogen-bond acceptors (Lipinski definition) is 1. The van der Waals surface area contributed by atoms with E-state index in [1.807, 2.05) is 13.0 Å². The Morgan fingerprint density at radius 2 is 1.88 bits per heavy atom. The summed E-state index contributed by atoms with van der Waals surface area (Å²) in [5.74, 6) is -2.45. The van der Waals surface area contributed by atoms with Gasteiger partial charge in [0.25, 0.3) is 5.92 Å². The Labute approximate surface area is 109 Å². The van der Waals surface area contributed by atoms with Crippen LogP contribution < -0.4 is 0 Å². The van der Waals surface area contributed by atoms with E-state index in [4.69, 9.17) is 0 Å². The Morgan fingerprint density at radius 1 is 1.24 bits per heavy atom. The van der Waals surface area contributed by atoms with Crippen molar-refractivity contribution >= 4 is 15.9 Å². The van der Waals surface area contributed by atoms with Gasteiger partial charge in [0.1, 0.15) is 0 Å². The van der Waals surface area contributed by atoms with E-state index in [-0.39, 0.29) is 12.8 Å². The highest BCUT2D eigenvalue weighted by Crippen LogP contribution is 2.28. The van der Waals surface area contributed by atoms with Gasteiger partial charge >= 0.3 is 0 Å². The number of halogens is 3. The molecule has 1 aliphatic rings. The van der Waals surface area contributed by atoms with Crippen LogP contribution in [0.2, 0.25) is 0 Å². The molecule has 1 aromatic carbocycles. The summed E-state index contributed by atoms with van der Waals surface area (Å²) < 4.78 is 27.1. The van der Waals surface area contributed by atoms with E-state index in [1.165, 1.54) is 11.1 Å². The molecule has 0 aliphatic carbocycles. The van der Waals surface area contributed by atoms with E-state index < -0.39 is 5.92 Å². The lowest BCUT2D eigenvalue weighted by Crippen LogP contribution is -2.38.